The molecule has 3 N–H and O–H groups in total. The van der Waals surface area contributed by atoms with Crippen LogP contribution in [0.5, 0.6) is 0 Å². The smallest absolute Gasteiger partial charge is 0.265 e. The molecule has 0 amide bonds. The van der Waals surface area contributed by atoms with Crippen LogP contribution in [0.2, 0.25) is 0 Å². The Hall–Kier alpha value is -0.640. The SMILES string of the molecule is Nc1cc(Br)cc(Br)c1S(=O)(=O)Nc1ccc(Br)cc1F. The fraction of sp³-hybridized carbons (Fsp3) is 0. The summed E-state index contributed by atoms with van der Waals surface area (Å²) in [6.07, 6.45) is 0. The van der Waals surface area contributed by atoms with Gasteiger partial charge in [-0.05, 0) is 46.3 Å². The fourth-order valence-electron chi connectivity index (χ4n) is 1.63. The van der Waals surface area contributed by atoms with Gasteiger partial charge in [0, 0.05) is 13.4 Å². The average molecular weight is 503 g/mol. The highest BCUT2D eigenvalue weighted by atomic mass is 79.9. The lowest BCUT2D eigenvalue weighted by Gasteiger charge is -2.13. The molecule has 0 fully saturated rings. The lowest BCUT2D eigenvalue weighted by molar-refractivity contribution is 0.598. The summed E-state index contributed by atoms with van der Waals surface area (Å²) >= 11 is 9.46. The number of sulfonamides is 1. The Labute approximate surface area is 146 Å². The Balaban J connectivity index is 2.48. The summed E-state index contributed by atoms with van der Waals surface area (Å²) in [6.45, 7) is 0. The van der Waals surface area contributed by atoms with E-state index >= 15 is 0 Å². The average Bonchev–Trinajstić information content (AvgIpc) is 2.30. The van der Waals surface area contributed by atoms with Crippen LogP contribution in [0.3, 0.4) is 0 Å². The van der Waals surface area contributed by atoms with Crippen LogP contribution < -0.4 is 10.5 Å². The molecule has 112 valence electrons. The standard InChI is InChI=1S/C12H8Br3FN2O2S/c13-6-1-2-11(9(16)4-6)18-21(19,20)12-8(15)3-7(14)5-10(12)17/h1-5,18H,17H2. The quantitative estimate of drug-likeness (QED) is 0.607. The minimum atomic E-state index is -4.02. The van der Waals surface area contributed by atoms with Gasteiger partial charge in [0.15, 0.2) is 0 Å². The van der Waals surface area contributed by atoms with Gasteiger partial charge in [-0.2, -0.15) is 0 Å². The van der Waals surface area contributed by atoms with Gasteiger partial charge in [0.2, 0.25) is 0 Å². The van der Waals surface area contributed by atoms with E-state index < -0.39 is 15.8 Å². The summed E-state index contributed by atoms with van der Waals surface area (Å²) < 4.78 is 42.1. The summed E-state index contributed by atoms with van der Waals surface area (Å²) in [6, 6.07) is 7.01. The van der Waals surface area contributed by atoms with Crippen molar-refractivity contribution >= 4 is 69.2 Å². The highest BCUT2D eigenvalue weighted by molar-refractivity contribution is 9.11. The van der Waals surface area contributed by atoms with E-state index in [9.17, 15) is 12.8 Å². The van der Waals surface area contributed by atoms with Crippen LogP contribution in [-0.4, -0.2) is 8.42 Å². The van der Waals surface area contributed by atoms with Crippen molar-refractivity contribution in [1.82, 2.24) is 0 Å². The zero-order chi connectivity index (χ0) is 15.8. The number of halogens is 4. The molecule has 2 aromatic rings. The highest BCUT2D eigenvalue weighted by Crippen LogP contribution is 2.33. The molecule has 0 aliphatic carbocycles. The van der Waals surface area contributed by atoms with Gasteiger partial charge in [-0.3, -0.25) is 4.72 Å². The zero-order valence-corrected chi connectivity index (χ0v) is 15.8. The number of hydrogen-bond donors (Lipinski definition) is 2. The van der Waals surface area contributed by atoms with Crippen LogP contribution in [0, 0.1) is 5.82 Å². The summed E-state index contributed by atoms with van der Waals surface area (Å²) in [5, 5.41) is 0. The van der Waals surface area contributed by atoms with Crippen molar-refractivity contribution < 1.29 is 12.8 Å². The zero-order valence-electron chi connectivity index (χ0n) is 10.2. The molecule has 0 spiro atoms. The Morgan fingerprint density at radius 3 is 2.29 bits per heavy atom. The molecular weight excluding hydrogens is 495 g/mol. The van der Waals surface area contributed by atoms with E-state index in [1.807, 2.05) is 0 Å². The first-order valence-corrected chi connectivity index (χ1v) is 9.29. The molecule has 21 heavy (non-hydrogen) atoms. The van der Waals surface area contributed by atoms with Crippen molar-refractivity contribution in [2.75, 3.05) is 10.5 Å². The van der Waals surface area contributed by atoms with E-state index in [2.05, 4.69) is 52.5 Å². The van der Waals surface area contributed by atoms with Crippen LogP contribution >= 0.6 is 47.8 Å². The Kier molecular flexibility index (Phi) is 4.96. The monoisotopic (exact) mass is 500 g/mol. The molecule has 0 saturated heterocycles. The lowest BCUT2D eigenvalue weighted by Crippen LogP contribution is -2.16. The largest absolute Gasteiger partial charge is 0.398 e. The van der Waals surface area contributed by atoms with Crippen LogP contribution in [0.1, 0.15) is 0 Å². The predicted molar refractivity (Wildman–Crippen MR) is 91.2 cm³/mol. The molecule has 0 saturated carbocycles. The third-order valence-electron chi connectivity index (χ3n) is 2.48. The first-order valence-electron chi connectivity index (χ1n) is 5.43. The molecule has 0 radical (unpaired) electrons. The predicted octanol–water partition coefficient (Wildman–Crippen LogP) is 4.50. The summed E-state index contributed by atoms with van der Waals surface area (Å²) in [7, 11) is -4.02. The first kappa shape index (κ1) is 16.7. The van der Waals surface area contributed by atoms with Gasteiger partial charge >= 0.3 is 0 Å². The minimum Gasteiger partial charge on any atom is -0.398 e. The molecule has 0 bridgehead atoms. The van der Waals surface area contributed by atoms with Crippen molar-refractivity contribution in [3.63, 3.8) is 0 Å². The number of rotatable bonds is 3. The summed E-state index contributed by atoms with van der Waals surface area (Å²) in [5.74, 6) is -0.695. The third kappa shape index (κ3) is 3.77. The minimum absolute atomic E-state index is 0.0428. The maximum atomic E-state index is 13.8. The molecule has 0 unspecified atom stereocenters. The second-order valence-corrected chi connectivity index (χ2v) is 8.34. The molecular formula is C12H8Br3FN2O2S. The van der Waals surface area contributed by atoms with Gasteiger partial charge in [-0.25, -0.2) is 12.8 Å². The van der Waals surface area contributed by atoms with Gasteiger partial charge in [-0.15, -0.1) is 0 Å². The summed E-state index contributed by atoms with van der Waals surface area (Å²) in [4.78, 5) is -0.145. The Bertz CT molecular complexity index is 789. The van der Waals surface area contributed by atoms with Gasteiger partial charge in [0.25, 0.3) is 10.0 Å². The molecule has 2 rings (SSSR count). The lowest BCUT2D eigenvalue weighted by atomic mass is 10.3. The van der Waals surface area contributed by atoms with Crippen molar-refractivity contribution in [1.29, 1.82) is 0 Å². The molecule has 9 heteroatoms. The van der Waals surface area contributed by atoms with E-state index in [0.29, 0.717) is 8.95 Å². The van der Waals surface area contributed by atoms with Crippen molar-refractivity contribution in [3.05, 3.63) is 49.6 Å². The molecule has 4 nitrogen and oxygen atoms in total. The Morgan fingerprint density at radius 1 is 1.05 bits per heavy atom. The fourth-order valence-corrected chi connectivity index (χ4v) is 5.10. The molecule has 0 atom stereocenters. The second kappa shape index (κ2) is 6.23. The maximum Gasteiger partial charge on any atom is 0.265 e. The van der Waals surface area contributed by atoms with E-state index in [4.69, 9.17) is 5.73 Å². The highest BCUT2D eigenvalue weighted by Gasteiger charge is 2.23. The van der Waals surface area contributed by atoms with Crippen LogP contribution in [-0.2, 0) is 10.0 Å². The number of benzene rings is 2. The number of anilines is 2. The topological polar surface area (TPSA) is 72.2 Å². The number of nitrogens with two attached hydrogens (primary N) is 1. The van der Waals surface area contributed by atoms with Crippen molar-refractivity contribution in [2.24, 2.45) is 0 Å². The molecule has 0 aliphatic rings. The van der Waals surface area contributed by atoms with Crippen molar-refractivity contribution in [2.45, 2.75) is 4.90 Å². The Morgan fingerprint density at radius 2 is 1.71 bits per heavy atom. The van der Waals surface area contributed by atoms with Gasteiger partial charge in [-0.1, -0.05) is 31.9 Å². The van der Waals surface area contributed by atoms with E-state index in [1.165, 1.54) is 18.2 Å². The molecule has 2 aromatic carbocycles. The second-order valence-electron chi connectivity index (χ2n) is 4.04. The van der Waals surface area contributed by atoms with Crippen LogP contribution in [0.15, 0.2) is 48.6 Å². The van der Waals surface area contributed by atoms with Crippen LogP contribution in [0.4, 0.5) is 15.8 Å². The van der Waals surface area contributed by atoms with E-state index in [0.717, 1.165) is 6.07 Å². The number of nitrogens with one attached hydrogen (secondary N) is 1. The van der Waals surface area contributed by atoms with Gasteiger partial charge in [0.1, 0.15) is 10.7 Å². The number of hydrogen-bond acceptors (Lipinski definition) is 3. The third-order valence-corrected chi connectivity index (χ3v) is 5.80. The van der Waals surface area contributed by atoms with Crippen LogP contribution in [0.25, 0.3) is 0 Å². The molecule has 0 aromatic heterocycles. The summed E-state index contributed by atoms with van der Waals surface area (Å²) in [5.41, 5.74) is 5.63. The van der Waals surface area contributed by atoms with E-state index in [1.54, 1.807) is 6.07 Å². The molecule has 0 aliphatic heterocycles. The molecule has 0 heterocycles. The maximum absolute atomic E-state index is 13.8. The van der Waals surface area contributed by atoms with Gasteiger partial charge < -0.3 is 5.73 Å². The number of nitrogen functional groups attached to an aromatic ring is 1. The normalized spacial score (nSPS) is 11.4. The first-order chi connectivity index (χ1) is 9.70. The van der Waals surface area contributed by atoms with E-state index in [-0.39, 0.29) is 20.7 Å². The van der Waals surface area contributed by atoms with Crippen molar-refractivity contribution in [3.8, 4) is 0 Å². The van der Waals surface area contributed by atoms with Gasteiger partial charge in [0.05, 0.1) is 11.4 Å².